The molecule has 1 aromatic carbocycles. The van der Waals surface area contributed by atoms with E-state index in [1.54, 1.807) is 6.92 Å². The van der Waals surface area contributed by atoms with E-state index in [1.165, 1.54) is 0 Å². The fraction of sp³-hybridized carbons (Fsp3) is 0.619. The lowest BCUT2D eigenvalue weighted by Crippen LogP contribution is -2.34. The molecule has 152 valence electrons. The summed E-state index contributed by atoms with van der Waals surface area (Å²) in [6.07, 6.45) is 1.44. The first-order chi connectivity index (χ1) is 12.4. The average Bonchev–Trinajstić information content (AvgIpc) is 2.57. The van der Waals surface area contributed by atoms with Gasteiger partial charge in [-0.1, -0.05) is 26.8 Å². The van der Waals surface area contributed by atoms with Crippen molar-refractivity contribution in [2.45, 2.75) is 66.2 Å². The van der Waals surface area contributed by atoms with Crippen molar-refractivity contribution >= 4 is 34.5 Å². The molecule has 0 heterocycles. The van der Waals surface area contributed by atoms with Gasteiger partial charge in [-0.3, -0.25) is 9.59 Å². The Labute approximate surface area is 176 Å². The first kappa shape index (κ1) is 23.7. The normalized spacial score (nSPS) is 12.0. The summed E-state index contributed by atoms with van der Waals surface area (Å²) in [4.78, 5) is 23.6. The summed E-state index contributed by atoms with van der Waals surface area (Å²) >= 11 is 2.12. The topological polar surface area (TPSA) is 72.8 Å². The van der Waals surface area contributed by atoms with Gasteiger partial charge in [-0.15, -0.1) is 0 Å². The van der Waals surface area contributed by atoms with Crippen LogP contribution < -0.4 is 0 Å². The number of halogens is 1. The van der Waals surface area contributed by atoms with Crippen LogP contribution in [0.1, 0.15) is 65.0 Å². The summed E-state index contributed by atoms with van der Waals surface area (Å²) in [5.74, 6) is -0.206. The molecular formula is C21H31IO5. The number of phenols is 1. The number of benzene rings is 1. The number of hydrogen-bond donors (Lipinski definition) is 1. The fourth-order valence-corrected chi connectivity index (χ4v) is 3.87. The van der Waals surface area contributed by atoms with Crippen molar-refractivity contribution in [2.75, 3.05) is 13.2 Å². The zero-order valence-corrected chi connectivity index (χ0v) is 19.3. The molecule has 0 saturated carbocycles. The highest BCUT2D eigenvalue weighted by atomic mass is 127. The number of phenolic OH excluding ortho intramolecular Hbond substituents is 1. The number of esters is 2. The molecule has 0 amide bonds. The molecule has 27 heavy (non-hydrogen) atoms. The van der Waals surface area contributed by atoms with Crippen molar-refractivity contribution in [1.82, 2.24) is 0 Å². The average molecular weight is 490 g/mol. The van der Waals surface area contributed by atoms with Crippen molar-refractivity contribution in [3.05, 3.63) is 26.8 Å². The summed E-state index contributed by atoms with van der Waals surface area (Å²) in [6, 6.07) is 3.94. The molecule has 0 atom stereocenters. The van der Waals surface area contributed by atoms with Gasteiger partial charge in [0.2, 0.25) is 0 Å². The minimum Gasteiger partial charge on any atom is -0.507 e. The molecule has 5 nitrogen and oxygen atoms in total. The first-order valence-electron chi connectivity index (χ1n) is 9.23. The molecular weight excluding hydrogens is 459 g/mol. The van der Waals surface area contributed by atoms with Crippen LogP contribution in [-0.4, -0.2) is 30.3 Å². The number of hydrogen-bond acceptors (Lipinski definition) is 5. The van der Waals surface area contributed by atoms with Crippen LogP contribution in [0.2, 0.25) is 0 Å². The number of carbonyl (C=O) groups excluding carboxylic acids is 2. The van der Waals surface area contributed by atoms with Gasteiger partial charge in [0.25, 0.3) is 0 Å². The SMILES string of the molecule is CCC(=O)OCCCOC(=O)C(C)(C)CC(C)(C)c1cc(C)c(O)c(I)c1. The fourth-order valence-electron chi connectivity index (χ4n) is 3.11. The maximum Gasteiger partial charge on any atom is 0.311 e. The van der Waals surface area contributed by atoms with Crippen LogP contribution in [0.15, 0.2) is 12.1 Å². The monoisotopic (exact) mass is 490 g/mol. The highest BCUT2D eigenvalue weighted by Crippen LogP contribution is 2.39. The van der Waals surface area contributed by atoms with Gasteiger partial charge in [0, 0.05) is 12.8 Å². The van der Waals surface area contributed by atoms with Crippen molar-refractivity contribution < 1.29 is 24.2 Å². The van der Waals surface area contributed by atoms with E-state index < -0.39 is 5.41 Å². The number of carbonyl (C=O) groups is 2. The smallest absolute Gasteiger partial charge is 0.311 e. The van der Waals surface area contributed by atoms with Crippen LogP contribution in [0.4, 0.5) is 0 Å². The summed E-state index contributed by atoms with van der Waals surface area (Å²) in [5.41, 5.74) is 0.972. The van der Waals surface area contributed by atoms with Crippen LogP contribution in [0, 0.1) is 15.9 Å². The second-order valence-electron chi connectivity index (χ2n) is 8.13. The molecule has 0 aliphatic heterocycles. The van der Waals surface area contributed by atoms with Gasteiger partial charge in [-0.25, -0.2) is 0 Å². The third-order valence-corrected chi connectivity index (χ3v) is 5.37. The van der Waals surface area contributed by atoms with Crippen molar-refractivity contribution in [3.63, 3.8) is 0 Å². The minimum absolute atomic E-state index is 0.232. The molecule has 1 rings (SSSR count). The largest absolute Gasteiger partial charge is 0.507 e. The van der Waals surface area contributed by atoms with E-state index in [0.717, 1.165) is 14.7 Å². The zero-order valence-electron chi connectivity index (χ0n) is 17.1. The second kappa shape index (κ2) is 9.75. The lowest BCUT2D eigenvalue weighted by atomic mass is 9.71. The van der Waals surface area contributed by atoms with Gasteiger partial charge >= 0.3 is 11.9 Å². The number of aromatic hydroxyl groups is 1. The summed E-state index contributed by atoms with van der Waals surface area (Å²) in [7, 11) is 0. The Bertz CT molecular complexity index is 656. The molecule has 0 saturated heterocycles. The summed E-state index contributed by atoms with van der Waals surface area (Å²) < 4.78 is 11.2. The van der Waals surface area contributed by atoms with Crippen LogP contribution in [0.3, 0.4) is 0 Å². The van der Waals surface area contributed by atoms with E-state index >= 15 is 0 Å². The van der Waals surface area contributed by atoms with Gasteiger partial charge in [0.05, 0.1) is 22.2 Å². The van der Waals surface area contributed by atoms with Crippen molar-refractivity contribution in [3.8, 4) is 5.75 Å². The Morgan fingerprint density at radius 2 is 1.70 bits per heavy atom. The second-order valence-corrected chi connectivity index (χ2v) is 9.29. The lowest BCUT2D eigenvalue weighted by molar-refractivity contribution is -0.155. The van der Waals surface area contributed by atoms with Gasteiger partial charge in [0.1, 0.15) is 5.75 Å². The molecule has 0 aliphatic carbocycles. The Kier molecular flexibility index (Phi) is 8.57. The van der Waals surface area contributed by atoms with Gasteiger partial charge in [-0.2, -0.15) is 0 Å². The summed E-state index contributed by atoms with van der Waals surface area (Å²) in [6.45, 7) is 12.1. The minimum atomic E-state index is -0.666. The van der Waals surface area contributed by atoms with Crippen molar-refractivity contribution in [2.24, 2.45) is 5.41 Å². The zero-order chi connectivity index (χ0) is 20.8. The molecule has 0 bridgehead atoms. The summed E-state index contributed by atoms with van der Waals surface area (Å²) in [5, 5.41) is 10.00. The Morgan fingerprint density at radius 3 is 2.26 bits per heavy atom. The molecule has 0 spiro atoms. The van der Waals surface area contributed by atoms with E-state index in [4.69, 9.17) is 9.47 Å². The first-order valence-corrected chi connectivity index (χ1v) is 10.3. The number of aryl methyl sites for hydroxylation is 1. The van der Waals surface area contributed by atoms with Gasteiger partial charge in [0.15, 0.2) is 0 Å². The van der Waals surface area contributed by atoms with Crippen LogP contribution in [0.5, 0.6) is 5.75 Å². The maximum absolute atomic E-state index is 12.5. The van der Waals surface area contributed by atoms with E-state index in [-0.39, 0.29) is 30.6 Å². The standard InChI is InChI=1S/C21H31IO5/c1-7-17(23)26-9-8-10-27-19(25)21(5,6)13-20(3,4)15-11-14(2)18(24)16(22)12-15/h11-12,24H,7-10,13H2,1-6H3. The molecule has 6 heteroatoms. The molecule has 1 N–H and O–H groups in total. The van der Waals surface area contributed by atoms with Crippen LogP contribution in [0.25, 0.3) is 0 Å². The Morgan fingerprint density at radius 1 is 1.11 bits per heavy atom. The Hall–Kier alpha value is -1.31. The molecule has 0 fully saturated rings. The van der Waals surface area contributed by atoms with E-state index in [0.29, 0.717) is 25.0 Å². The van der Waals surface area contributed by atoms with Gasteiger partial charge < -0.3 is 14.6 Å². The van der Waals surface area contributed by atoms with E-state index in [9.17, 15) is 14.7 Å². The maximum atomic E-state index is 12.5. The third kappa shape index (κ3) is 6.97. The van der Waals surface area contributed by atoms with Crippen molar-refractivity contribution in [1.29, 1.82) is 0 Å². The van der Waals surface area contributed by atoms with E-state index in [2.05, 4.69) is 36.4 Å². The highest BCUT2D eigenvalue weighted by molar-refractivity contribution is 14.1. The lowest BCUT2D eigenvalue weighted by Gasteiger charge is -2.34. The molecule has 0 radical (unpaired) electrons. The molecule has 0 unspecified atom stereocenters. The van der Waals surface area contributed by atoms with Gasteiger partial charge in [-0.05, 0) is 72.4 Å². The molecule has 0 aliphatic rings. The Balaban J connectivity index is 2.68. The number of rotatable bonds is 9. The van der Waals surface area contributed by atoms with Crippen LogP contribution >= 0.6 is 22.6 Å². The number of ether oxygens (including phenoxy) is 2. The van der Waals surface area contributed by atoms with Crippen LogP contribution in [-0.2, 0) is 24.5 Å². The quantitative estimate of drug-likeness (QED) is 0.303. The van der Waals surface area contributed by atoms with E-state index in [1.807, 2.05) is 32.9 Å². The predicted octanol–water partition coefficient (Wildman–Crippen LogP) is 4.89. The molecule has 1 aromatic rings. The molecule has 0 aromatic heterocycles. The predicted molar refractivity (Wildman–Crippen MR) is 114 cm³/mol. The highest BCUT2D eigenvalue weighted by Gasteiger charge is 2.37. The third-order valence-electron chi connectivity index (χ3n) is 4.55.